The molecule has 3 rings (SSSR count). The van der Waals surface area contributed by atoms with Crippen LogP contribution < -0.4 is 5.73 Å². The number of nitrogens with zero attached hydrogens (tertiary/aromatic N) is 4. The Labute approximate surface area is 115 Å². The quantitative estimate of drug-likeness (QED) is 0.740. The van der Waals surface area contributed by atoms with E-state index in [1.165, 1.54) is 10.4 Å². The van der Waals surface area contributed by atoms with Crippen molar-refractivity contribution in [3.8, 4) is 5.82 Å². The van der Waals surface area contributed by atoms with E-state index in [0.29, 0.717) is 0 Å². The molecule has 98 valence electrons. The van der Waals surface area contributed by atoms with Crippen molar-refractivity contribution >= 4 is 27.2 Å². The number of nitrogens with two attached hydrogens (primary N) is 1. The van der Waals surface area contributed by atoms with E-state index in [4.69, 9.17) is 5.73 Å². The molecular weight excluding hydrogens is 258 g/mol. The molecule has 0 spiro atoms. The molecule has 19 heavy (non-hydrogen) atoms. The first-order chi connectivity index (χ1) is 9.00. The standard InChI is InChI=1S/C13H15N5S/c1-6-9(4)19-13-10(6)12(15-5-16-13)18-8(3)11(14)7(2)17-18/h5H,14H2,1-4H3. The van der Waals surface area contributed by atoms with E-state index in [9.17, 15) is 0 Å². The molecule has 3 aromatic heterocycles. The van der Waals surface area contributed by atoms with Gasteiger partial charge < -0.3 is 5.73 Å². The van der Waals surface area contributed by atoms with E-state index in [1.807, 2.05) is 18.5 Å². The number of hydrogen-bond acceptors (Lipinski definition) is 5. The fraction of sp³-hybridized carbons (Fsp3) is 0.308. The summed E-state index contributed by atoms with van der Waals surface area (Å²) < 4.78 is 1.81. The van der Waals surface area contributed by atoms with Crippen LogP contribution in [0.25, 0.3) is 16.0 Å². The molecule has 5 nitrogen and oxygen atoms in total. The fourth-order valence-corrected chi connectivity index (χ4v) is 3.18. The van der Waals surface area contributed by atoms with Gasteiger partial charge in [0.05, 0.1) is 22.5 Å². The van der Waals surface area contributed by atoms with E-state index in [0.717, 1.165) is 33.1 Å². The van der Waals surface area contributed by atoms with Crippen molar-refractivity contribution in [3.63, 3.8) is 0 Å². The maximum atomic E-state index is 6.00. The summed E-state index contributed by atoms with van der Waals surface area (Å²) in [4.78, 5) is 11.0. The minimum Gasteiger partial charge on any atom is -0.396 e. The molecule has 3 heterocycles. The third kappa shape index (κ3) is 1.63. The zero-order valence-corrected chi connectivity index (χ0v) is 12.2. The summed E-state index contributed by atoms with van der Waals surface area (Å²) in [5.74, 6) is 0.809. The highest BCUT2D eigenvalue weighted by Gasteiger charge is 2.17. The monoisotopic (exact) mass is 273 g/mol. The van der Waals surface area contributed by atoms with Gasteiger partial charge in [-0.15, -0.1) is 11.3 Å². The number of thiophene rings is 1. The van der Waals surface area contributed by atoms with Crippen LogP contribution in [0.15, 0.2) is 6.33 Å². The molecule has 3 aromatic rings. The summed E-state index contributed by atoms with van der Waals surface area (Å²) in [6.45, 7) is 8.05. The van der Waals surface area contributed by atoms with Crippen molar-refractivity contribution in [2.75, 3.05) is 5.73 Å². The molecule has 0 radical (unpaired) electrons. The van der Waals surface area contributed by atoms with Crippen molar-refractivity contribution in [1.29, 1.82) is 0 Å². The lowest BCUT2D eigenvalue weighted by molar-refractivity contribution is 0.810. The zero-order valence-electron chi connectivity index (χ0n) is 11.4. The van der Waals surface area contributed by atoms with E-state index in [1.54, 1.807) is 17.7 Å². The summed E-state index contributed by atoms with van der Waals surface area (Å²) in [5, 5.41) is 5.55. The van der Waals surface area contributed by atoms with E-state index < -0.39 is 0 Å². The first-order valence-electron chi connectivity index (χ1n) is 6.03. The van der Waals surface area contributed by atoms with Crippen molar-refractivity contribution in [3.05, 3.63) is 28.2 Å². The number of aromatic nitrogens is 4. The van der Waals surface area contributed by atoms with Gasteiger partial charge in [-0.05, 0) is 33.3 Å². The van der Waals surface area contributed by atoms with Crippen LogP contribution in [-0.2, 0) is 0 Å². The first-order valence-corrected chi connectivity index (χ1v) is 6.85. The van der Waals surface area contributed by atoms with Crippen LogP contribution in [0.1, 0.15) is 21.8 Å². The fourth-order valence-electron chi connectivity index (χ4n) is 2.19. The van der Waals surface area contributed by atoms with Gasteiger partial charge in [-0.25, -0.2) is 14.6 Å². The minimum absolute atomic E-state index is 0.719. The van der Waals surface area contributed by atoms with Gasteiger partial charge in [-0.1, -0.05) is 0 Å². The molecule has 0 unspecified atom stereocenters. The summed E-state index contributed by atoms with van der Waals surface area (Å²) in [6, 6.07) is 0. The summed E-state index contributed by atoms with van der Waals surface area (Å²) in [7, 11) is 0. The van der Waals surface area contributed by atoms with Gasteiger partial charge in [0.1, 0.15) is 11.2 Å². The van der Waals surface area contributed by atoms with Gasteiger partial charge in [-0.2, -0.15) is 5.10 Å². The van der Waals surface area contributed by atoms with Crippen molar-refractivity contribution in [2.45, 2.75) is 27.7 Å². The predicted octanol–water partition coefficient (Wildman–Crippen LogP) is 2.69. The van der Waals surface area contributed by atoms with Gasteiger partial charge in [0, 0.05) is 4.88 Å². The highest BCUT2D eigenvalue weighted by molar-refractivity contribution is 7.18. The molecule has 0 aliphatic carbocycles. The molecule has 0 fully saturated rings. The largest absolute Gasteiger partial charge is 0.396 e. The molecule has 0 bridgehead atoms. The number of hydrogen-bond donors (Lipinski definition) is 1. The molecule has 0 aliphatic heterocycles. The lowest BCUT2D eigenvalue weighted by Crippen LogP contribution is -2.03. The van der Waals surface area contributed by atoms with E-state index in [-0.39, 0.29) is 0 Å². The van der Waals surface area contributed by atoms with Gasteiger partial charge in [0.15, 0.2) is 5.82 Å². The number of anilines is 1. The Hall–Kier alpha value is -1.95. The van der Waals surface area contributed by atoms with Crippen LogP contribution in [-0.4, -0.2) is 19.7 Å². The summed E-state index contributed by atoms with van der Waals surface area (Å²) in [5.41, 5.74) is 9.68. The van der Waals surface area contributed by atoms with Crippen LogP contribution in [0.3, 0.4) is 0 Å². The SMILES string of the molecule is Cc1nn(-c2ncnc3sc(C)c(C)c23)c(C)c1N. The van der Waals surface area contributed by atoms with Crippen LogP contribution in [0.4, 0.5) is 5.69 Å². The second-order valence-electron chi connectivity index (χ2n) is 4.66. The molecule has 0 saturated heterocycles. The topological polar surface area (TPSA) is 69.6 Å². The Kier molecular flexibility index (Phi) is 2.56. The second-order valence-corrected chi connectivity index (χ2v) is 5.86. The zero-order chi connectivity index (χ0) is 13.7. The number of nitrogen functional groups attached to an aromatic ring is 1. The molecule has 6 heteroatoms. The smallest absolute Gasteiger partial charge is 0.166 e. The summed E-state index contributed by atoms with van der Waals surface area (Å²) >= 11 is 1.68. The lowest BCUT2D eigenvalue weighted by Gasteiger charge is -2.05. The van der Waals surface area contributed by atoms with Crippen LogP contribution in [0, 0.1) is 27.7 Å². The third-order valence-electron chi connectivity index (χ3n) is 3.49. The van der Waals surface area contributed by atoms with Crippen LogP contribution in [0.5, 0.6) is 0 Å². The molecule has 0 aromatic carbocycles. The Morgan fingerprint density at radius 3 is 2.53 bits per heavy atom. The molecule has 0 atom stereocenters. The number of fused-ring (bicyclic) bond motifs is 1. The van der Waals surface area contributed by atoms with Crippen LogP contribution in [0.2, 0.25) is 0 Å². The van der Waals surface area contributed by atoms with Gasteiger partial charge in [0.25, 0.3) is 0 Å². The average Bonchev–Trinajstić information content (AvgIpc) is 2.82. The molecule has 0 aliphatic rings. The lowest BCUT2D eigenvalue weighted by atomic mass is 10.2. The van der Waals surface area contributed by atoms with Crippen molar-refractivity contribution in [2.24, 2.45) is 0 Å². The number of aryl methyl sites for hydroxylation is 3. The predicted molar refractivity (Wildman–Crippen MR) is 77.9 cm³/mol. The van der Waals surface area contributed by atoms with Gasteiger partial charge in [0.2, 0.25) is 0 Å². The molecule has 2 N–H and O–H groups in total. The second kappa shape index (κ2) is 4.03. The molecule has 0 saturated carbocycles. The first kappa shape index (κ1) is 12.1. The van der Waals surface area contributed by atoms with Crippen LogP contribution >= 0.6 is 11.3 Å². The van der Waals surface area contributed by atoms with Gasteiger partial charge in [-0.3, -0.25) is 0 Å². The van der Waals surface area contributed by atoms with Gasteiger partial charge >= 0.3 is 0 Å². The summed E-state index contributed by atoms with van der Waals surface area (Å²) in [6.07, 6.45) is 1.58. The highest BCUT2D eigenvalue weighted by Crippen LogP contribution is 2.32. The molecule has 0 amide bonds. The highest BCUT2D eigenvalue weighted by atomic mass is 32.1. The Morgan fingerprint density at radius 2 is 1.89 bits per heavy atom. The minimum atomic E-state index is 0.719. The van der Waals surface area contributed by atoms with Crippen molar-refractivity contribution < 1.29 is 0 Å². The third-order valence-corrected chi connectivity index (χ3v) is 4.61. The Balaban J connectivity index is 2.39. The van der Waals surface area contributed by atoms with E-state index in [2.05, 4.69) is 28.9 Å². The molecular formula is C13H15N5S. The van der Waals surface area contributed by atoms with Crippen molar-refractivity contribution in [1.82, 2.24) is 19.7 Å². The Morgan fingerprint density at radius 1 is 1.16 bits per heavy atom. The Bertz CT molecular complexity index is 784. The normalized spacial score (nSPS) is 11.4. The van der Waals surface area contributed by atoms with E-state index >= 15 is 0 Å². The maximum absolute atomic E-state index is 6.00. The maximum Gasteiger partial charge on any atom is 0.166 e. The number of rotatable bonds is 1. The average molecular weight is 273 g/mol.